The second-order valence-electron chi connectivity index (χ2n) is 6.18. The topological polar surface area (TPSA) is 79.5 Å². The Balaban J connectivity index is 1.96. The van der Waals surface area contributed by atoms with Crippen LogP contribution in [0.25, 0.3) is 0 Å². The van der Waals surface area contributed by atoms with E-state index in [0.717, 1.165) is 5.56 Å². The standard InChI is InChI=1S/C20H25N3O3/c1-14(2)22-20(25)23-17-11-7-10-16(12-17)19(24)21-13-18(26-3)15-8-5-4-6-9-15/h4-12,14,18H,13H2,1-3H3,(H,21,24)(H2,22,23,25)/t18-/m0/s1. The summed E-state index contributed by atoms with van der Waals surface area (Å²) >= 11 is 0. The second kappa shape index (κ2) is 9.58. The van der Waals surface area contributed by atoms with Crippen LogP contribution in [0.1, 0.15) is 35.9 Å². The minimum Gasteiger partial charge on any atom is -0.375 e. The van der Waals surface area contributed by atoms with E-state index in [0.29, 0.717) is 17.8 Å². The van der Waals surface area contributed by atoms with Gasteiger partial charge >= 0.3 is 6.03 Å². The van der Waals surface area contributed by atoms with Crippen molar-refractivity contribution in [1.29, 1.82) is 0 Å². The van der Waals surface area contributed by atoms with Crippen molar-refractivity contribution < 1.29 is 14.3 Å². The van der Waals surface area contributed by atoms with Crippen LogP contribution in [0.5, 0.6) is 0 Å². The van der Waals surface area contributed by atoms with Crippen LogP contribution in [-0.4, -0.2) is 31.6 Å². The monoisotopic (exact) mass is 355 g/mol. The van der Waals surface area contributed by atoms with E-state index < -0.39 is 0 Å². The average Bonchev–Trinajstić information content (AvgIpc) is 2.62. The number of urea groups is 1. The Morgan fingerprint density at radius 2 is 1.77 bits per heavy atom. The van der Waals surface area contributed by atoms with Crippen molar-refractivity contribution in [3.05, 3.63) is 65.7 Å². The van der Waals surface area contributed by atoms with Gasteiger partial charge in [-0.3, -0.25) is 4.79 Å². The molecule has 0 aliphatic carbocycles. The first-order chi connectivity index (χ1) is 12.5. The summed E-state index contributed by atoms with van der Waals surface area (Å²) in [7, 11) is 1.61. The zero-order valence-corrected chi connectivity index (χ0v) is 15.3. The summed E-state index contributed by atoms with van der Waals surface area (Å²) in [5, 5.41) is 8.32. The summed E-state index contributed by atoms with van der Waals surface area (Å²) in [6, 6.07) is 16.2. The SMILES string of the molecule is CO[C@@H](CNC(=O)c1cccc(NC(=O)NC(C)C)c1)c1ccccc1. The van der Waals surface area contributed by atoms with Crippen LogP contribution in [0.4, 0.5) is 10.5 Å². The molecule has 3 N–H and O–H groups in total. The molecule has 1 atom stereocenters. The van der Waals surface area contributed by atoms with Crippen LogP contribution in [0.3, 0.4) is 0 Å². The molecule has 138 valence electrons. The van der Waals surface area contributed by atoms with Gasteiger partial charge in [0, 0.05) is 30.9 Å². The van der Waals surface area contributed by atoms with E-state index in [-0.39, 0.29) is 24.1 Å². The summed E-state index contributed by atoms with van der Waals surface area (Å²) in [6.45, 7) is 4.11. The van der Waals surface area contributed by atoms with Crippen LogP contribution in [0.15, 0.2) is 54.6 Å². The lowest BCUT2D eigenvalue weighted by molar-refractivity contribution is 0.0828. The maximum Gasteiger partial charge on any atom is 0.319 e. The van der Waals surface area contributed by atoms with Crippen molar-refractivity contribution in [3.8, 4) is 0 Å². The molecule has 0 unspecified atom stereocenters. The molecule has 0 bridgehead atoms. The maximum atomic E-state index is 12.4. The lowest BCUT2D eigenvalue weighted by Gasteiger charge is -2.17. The molecule has 0 saturated carbocycles. The number of amides is 3. The van der Waals surface area contributed by atoms with Gasteiger partial charge in [-0.15, -0.1) is 0 Å². The number of hydrogen-bond donors (Lipinski definition) is 3. The summed E-state index contributed by atoms with van der Waals surface area (Å²) in [5.41, 5.74) is 2.02. The Bertz CT molecular complexity index is 732. The van der Waals surface area contributed by atoms with Gasteiger partial charge in [0.15, 0.2) is 0 Å². The molecule has 2 aromatic rings. The Hall–Kier alpha value is -2.86. The van der Waals surface area contributed by atoms with Gasteiger partial charge in [0.25, 0.3) is 5.91 Å². The predicted octanol–water partition coefficient (Wildman–Crippen LogP) is 3.33. The van der Waals surface area contributed by atoms with Crippen molar-refractivity contribution in [2.75, 3.05) is 19.0 Å². The number of carbonyl (C=O) groups is 2. The van der Waals surface area contributed by atoms with Gasteiger partial charge in [0.2, 0.25) is 0 Å². The van der Waals surface area contributed by atoms with E-state index in [1.165, 1.54) is 0 Å². The number of anilines is 1. The minimum atomic E-state index is -0.305. The average molecular weight is 355 g/mol. The molecular weight excluding hydrogens is 330 g/mol. The molecule has 0 aromatic heterocycles. The molecule has 0 aliphatic heterocycles. The number of rotatable bonds is 7. The zero-order chi connectivity index (χ0) is 18.9. The number of carbonyl (C=O) groups excluding carboxylic acids is 2. The van der Waals surface area contributed by atoms with E-state index >= 15 is 0 Å². The summed E-state index contributed by atoms with van der Waals surface area (Å²) in [5.74, 6) is -0.226. The molecule has 6 heteroatoms. The number of nitrogens with one attached hydrogen (secondary N) is 3. The van der Waals surface area contributed by atoms with Crippen molar-refractivity contribution in [2.24, 2.45) is 0 Å². The van der Waals surface area contributed by atoms with Crippen LogP contribution in [0.2, 0.25) is 0 Å². The quantitative estimate of drug-likeness (QED) is 0.713. The van der Waals surface area contributed by atoms with E-state index in [1.54, 1.807) is 31.4 Å². The normalized spacial score (nSPS) is 11.7. The first-order valence-corrected chi connectivity index (χ1v) is 8.53. The molecule has 0 spiro atoms. The maximum absolute atomic E-state index is 12.4. The lowest BCUT2D eigenvalue weighted by atomic mass is 10.1. The third kappa shape index (κ3) is 5.89. The third-order valence-corrected chi connectivity index (χ3v) is 3.71. The van der Waals surface area contributed by atoms with Crippen LogP contribution in [0, 0.1) is 0 Å². The first kappa shape index (κ1) is 19.5. The smallest absolute Gasteiger partial charge is 0.319 e. The highest BCUT2D eigenvalue weighted by atomic mass is 16.5. The van der Waals surface area contributed by atoms with Crippen LogP contribution in [-0.2, 0) is 4.74 Å². The van der Waals surface area contributed by atoms with Gasteiger partial charge in [-0.05, 0) is 37.6 Å². The Kier molecular flexibility index (Phi) is 7.17. The highest BCUT2D eigenvalue weighted by Gasteiger charge is 2.13. The summed E-state index contributed by atoms with van der Waals surface area (Å²) < 4.78 is 5.46. The van der Waals surface area contributed by atoms with Gasteiger partial charge in [-0.25, -0.2) is 4.79 Å². The Morgan fingerprint density at radius 3 is 2.42 bits per heavy atom. The number of methoxy groups -OCH3 is 1. The molecule has 0 radical (unpaired) electrons. The van der Waals surface area contributed by atoms with Gasteiger partial charge in [0.1, 0.15) is 0 Å². The van der Waals surface area contributed by atoms with Gasteiger partial charge in [0.05, 0.1) is 6.10 Å². The minimum absolute atomic E-state index is 0.0328. The first-order valence-electron chi connectivity index (χ1n) is 8.53. The Labute approximate surface area is 153 Å². The van der Waals surface area contributed by atoms with Crippen molar-refractivity contribution >= 4 is 17.6 Å². The van der Waals surface area contributed by atoms with Gasteiger partial charge in [-0.2, -0.15) is 0 Å². The van der Waals surface area contributed by atoms with Crippen molar-refractivity contribution in [2.45, 2.75) is 26.0 Å². The van der Waals surface area contributed by atoms with E-state index in [9.17, 15) is 9.59 Å². The molecule has 2 aromatic carbocycles. The molecule has 0 heterocycles. The van der Waals surface area contributed by atoms with E-state index in [2.05, 4.69) is 16.0 Å². The van der Waals surface area contributed by atoms with Crippen LogP contribution < -0.4 is 16.0 Å². The Morgan fingerprint density at radius 1 is 1.04 bits per heavy atom. The highest BCUT2D eigenvalue weighted by molar-refractivity contribution is 5.96. The fourth-order valence-corrected chi connectivity index (χ4v) is 2.46. The van der Waals surface area contributed by atoms with Gasteiger partial charge < -0.3 is 20.7 Å². The number of ether oxygens (including phenoxy) is 1. The molecule has 0 aliphatic rings. The molecule has 6 nitrogen and oxygen atoms in total. The molecular formula is C20H25N3O3. The number of benzene rings is 2. The predicted molar refractivity (Wildman–Crippen MR) is 102 cm³/mol. The molecule has 0 saturated heterocycles. The van der Waals surface area contributed by atoms with Crippen molar-refractivity contribution in [1.82, 2.24) is 10.6 Å². The van der Waals surface area contributed by atoms with Crippen LogP contribution >= 0.6 is 0 Å². The fraction of sp³-hybridized carbons (Fsp3) is 0.300. The van der Waals surface area contributed by atoms with E-state index in [4.69, 9.17) is 4.74 Å². The summed E-state index contributed by atoms with van der Waals surface area (Å²) in [6.07, 6.45) is -0.224. The van der Waals surface area contributed by atoms with Crippen molar-refractivity contribution in [3.63, 3.8) is 0 Å². The number of hydrogen-bond acceptors (Lipinski definition) is 3. The molecule has 26 heavy (non-hydrogen) atoms. The lowest BCUT2D eigenvalue weighted by Crippen LogP contribution is -2.34. The summed E-state index contributed by atoms with van der Waals surface area (Å²) in [4.78, 5) is 24.2. The fourth-order valence-electron chi connectivity index (χ4n) is 2.46. The zero-order valence-electron chi connectivity index (χ0n) is 15.3. The second-order valence-corrected chi connectivity index (χ2v) is 6.18. The molecule has 0 fully saturated rings. The largest absolute Gasteiger partial charge is 0.375 e. The highest BCUT2D eigenvalue weighted by Crippen LogP contribution is 2.16. The third-order valence-electron chi connectivity index (χ3n) is 3.71. The van der Waals surface area contributed by atoms with E-state index in [1.807, 2.05) is 44.2 Å². The molecule has 2 rings (SSSR count). The van der Waals surface area contributed by atoms with Gasteiger partial charge in [-0.1, -0.05) is 36.4 Å². The molecule has 3 amide bonds.